The number of hydrogen-bond acceptors (Lipinski definition) is 3. The number of benzene rings is 1. The topological polar surface area (TPSA) is 75.3 Å². The summed E-state index contributed by atoms with van der Waals surface area (Å²) in [6.07, 6.45) is 9.62. The number of sulfonamides is 1. The van der Waals surface area contributed by atoms with Crippen LogP contribution in [0.25, 0.3) is 0 Å². The first kappa shape index (κ1) is 19.1. The number of hydrogen-bond donors (Lipinski definition) is 2. The molecule has 5 aliphatic rings. The highest BCUT2D eigenvalue weighted by Gasteiger charge is 2.50. The third-order valence-corrected chi connectivity index (χ3v) is 9.39. The molecule has 0 spiro atoms. The van der Waals surface area contributed by atoms with Crippen LogP contribution in [0.15, 0.2) is 27.6 Å². The van der Waals surface area contributed by atoms with Gasteiger partial charge in [0.2, 0.25) is 10.0 Å². The molecule has 5 aliphatic carbocycles. The summed E-state index contributed by atoms with van der Waals surface area (Å²) in [5.41, 5.74) is 0.650. The molecule has 0 unspecified atom stereocenters. The Morgan fingerprint density at radius 2 is 1.68 bits per heavy atom. The van der Waals surface area contributed by atoms with Crippen molar-refractivity contribution in [2.75, 3.05) is 6.54 Å². The second-order valence-electron chi connectivity index (χ2n) is 9.64. The normalized spacial score (nSPS) is 33.8. The van der Waals surface area contributed by atoms with Crippen LogP contribution in [-0.4, -0.2) is 26.9 Å². The van der Waals surface area contributed by atoms with E-state index in [9.17, 15) is 13.2 Å². The van der Waals surface area contributed by atoms with Crippen molar-refractivity contribution in [1.82, 2.24) is 10.0 Å². The minimum atomic E-state index is -3.57. The van der Waals surface area contributed by atoms with Gasteiger partial charge in [-0.2, -0.15) is 0 Å². The van der Waals surface area contributed by atoms with E-state index in [2.05, 4.69) is 26.0 Å². The minimum Gasteiger partial charge on any atom is -0.351 e. The van der Waals surface area contributed by atoms with Gasteiger partial charge in [-0.25, -0.2) is 13.1 Å². The number of nitrogens with one attached hydrogen (secondary N) is 2. The Bertz CT molecular complexity index is 875. The molecule has 0 radical (unpaired) electrons. The summed E-state index contributed by atoms with van der Waals surface area (Å²) in [7, 11) is -3.57. The average molecular weight is 467 g/mol. The Morgan fingerprint density at radius 3 is 2.25 bits per heavy atom. The lowest BCUT2D eigenvalue weighted by atomic mass is 9.49. The molecule has 5 saturated carbocycles. The van der Waals surface area contributed by atoms with E-state index in [0.717, 1.165) is 30.6 Å². The number of rotatable bonds is 6. The molecule has 5 nitrogen and oxygen atoms in total. The molecule has 6 rings (SSSR count). The molecule has 28 heavy (non-hydrogen) atoms. The van der Waals surface area contributed by atoms with Crippen LogP contribution in [0.5, 0.6) is 0 Å². The van der Waals surface area contributed by atoms with Crippen LogP contribution < -0.4 is 10.0 Å². The summed E-state index contributed by atoms with van der Waals surface area (Å²) < 4.78 is 28.3. The quantitative estimate of drug-likeness (QED) is 0.668. The molecule has 0 heterocycles. The van der Waals surface area contributed by atoms with Gasteiger partial charge >= 0.3 is 0 Å². The van der Waals surface area contributed by atoms with E-state index in [1.807, 2.05) is 0 Å². The molecule has 1 amide bonds. The van der Waals surface area contributed by atoms with Gasteiger partial charge < -0.3 is 5.32 Å². The van der Waals surface area contributed by atoms with Crippen LogP contribution in [-0.2, 0) is 10.0 Å². The lowest BCUT2D eigenvalue weighted by molar-refractivity contribution is -0.0503. The molecule has 7 heteroatoms. The Kier molecular flexibility index (Phi) is 4.64. The summed E-state index contributed by atoms with van der Waals surface area (Å²) in [5, 5.41) is 3.14. The summed E-state index contributed by atoms with van der Waals surface area (Å²) >= 11 is 3.42. The first-order valence-corrected chi connectivity index (χ1v) is 12.7. The second-order valence-corrected chi connectivity index (χ2v) is 12.2. The van der Waals surface area contributed by atoms with E-state index in [-0.39, 0.29) is 22.3 Å². The van der Waals surface area contributed by atoms with Gasteiger partial charge in [0.1, 0.15) is 0 Å². The monoisotopic (exact) mass is 466 g/mol. The van der Waals surface area contributed by atoms with E-state index >= 15 is 0 Å². The summed E-state index contributed by atoms with van der Waals surface area (Å²) in [6.45, 7) is 0.707. The lowest BCUT2D eigenvalue weighted by Gasteiger charge is -2.56. The van der Waals surface area contributed by atoms with E-state index in [0.29, 0.717) is 16.6 Å². The predicted molar refractivity (Wildman–Crippen MR) is 110 cm³/mol. The molecule has 0 aliphatic heterocycles. The van der Waals surface area contributed by atoms with Gasteiger partial charge in [-0.1, -0.05) is 0 Å². The molecule has 5 fully saturated rings. The smallest absolute Gasteiger partial charge is 0.252 e. The van der Waals surface area contributed by atoms with E-state index < -0.39 is 10.0 Å². The zero-order valence-electron chi connectivity index (χ0n) is 15.9. The van der Waals surface area contributed by atoms with Crippen molar-refractivity contribution in [2.45, 2.75) is 62.3 Å². The van der Waals surface area contributed by atoms with Gasteiger partial charge in [-0.05, 0) is 109 Å². The maximum absolute atomic E-state index is 12.9. The molecule has 0 atom stereocenters. The van der Waals surface area contributed by atoms with Crippen LogP contribution in [0.2, 0.25) is 0 Å². The number of amides is 1. The Balaban J connectivity index is 1.31. The maximum Gasteiger partial charge on any atom is 0.252 e. The zero-order valence-corrected chi connectivity index (χ0v) is 18.3. The molecule has 2 N–H and O–H groups in total. The average Bonchev–Trinajstić information content (AvgIpc) is 3.42. The molecule has 4 bridgehead atoms. The van der Waals surface area contributed by atoms with E-state index in [1.165, 1.54) is 44.6 Å². The second kappa shape index (κ2) is 6.81. The third-order valence-electron chi connectivity index (χ3n) is 7.18. The SMILES string of the molecule is O=C(NCC12CC3CC(CC(C3)C1)C2)c1cc(S(=O)(=O)NC2CC2)ccc1Br. The highest BCUT2D eigenvalue weighted by Crippen LogP contribution is 2.59. The Labute approximate surface area is 175 Å². The van der Waals surface area contributed by atoms with Gasteiger partial charge in [0.15, 0.2) is 0 Å². The fraction of sp³-hybridized carbons (Fsp3) is 0.667. The highest BCUT2D eigenvalue weighted by molar-refractivity contribution is 9.10. The summed E-state index contributed by atoms with van der Waals surface area (Å²) in [6, 6.07) is 4.73. The number of halogens is 1. The van der Waals surface area contributed by atoms with Crippen LogP contribution >= 0.6 is 15.9 Å². The zero-order chi connectivity index (χ0) is 19.5. The van der Waals surface area contributed by atoms with Gasteiger partial charge in [0, 0.05) is 17.1 Å². The number of carbonyl (C=O) groups is 1. The van der Waals surface area contributed by atoms with E-state index in [1.54, 1.807) is 12.1 Å². The van der Waals surface area contributed by atoms with Crippen LogP contribution in [0, 0.1) is 23.2 Å². The van der Waals surface area contributed by atoms with Crippen molar-refractivity contribution in [3.63, 3.8) is 0 Å². The first-order valence-electron chi connectivity index (χ1n) is 10.4. The molecule has 0 aromatic heterocycles. The van der Waals surface area contributed by atoms with Crippen molar-refractivity contribution in [1.29, 1.82) is 0 Å². The van der Waals surface area contributed by atoms with Crippen molar-refractivity contribution in [3.8, 4) is 0 Å². The van der Waals surface area contributed by atoms with Gasteiger partial charge in [-0.3, -0.25) is 4.79 Å². The molecule has 1 aromatic rings. The van der Waals surface area contributed by atoms with Crippen molar-refractivity contribution in [2.24, 2.45) is 23.2 Å². The predicted octanol–water partition coefficient (Wildman–Crippen LogP) is 3.84. The Morgan fingerprint density at radius 1 is 1.07 bits per heavy atom. The van der Waals surface area contributed by atoms with Crippen LogP contribution in [0.1, 0.15) is 61.7 Å². The van der Waals surface area contributed by atoms with Crippen molar-refractivity contribution in [3.05, 3.63) is 28.2 Å². The highest BCUT2D eigenvalue weighted by atomic mass is 79.9. The largest absolute Gasteiger partial charge is 0.351 e. The fourth-order valence-electron chi connectivity index (χ4n) is 6.20. The third kappa shape index (κ3) is 3.65. The van der Waals surface area contributed by atoms with E-state index in [4.69, 9.17) is 0 Å². The lowest BCUT2D eigenvalue weighted by Crippen LogP contribution is -2.51. The maximum atomic E-state index is 12.9. The summed E-state index contributed by atoms with van der Waals surface area (Å²) in [4.78, 5) is 13.1. The molecule has 1 aromatic carbocycles. The molecule has 152 valence electrons. The van der Waals surface area contributed by atoms with Crippen molar-refractivity contribution >= 4 is 31.9 Å². The first-order chi connectivity index (χ1) is 13.3. The minimum absolute atomic E-state index is 0.0435. The fourth-order valence-corrected chi connectivity index (χ4v) is 7.96. The molecule has 0 saturated heterocycles. The summed E-state index contributed by atoms with van der Waals surface area (Å²) in [5.74, 6) is 2.34. The van der Waals surface area contributed by atoms with Crippen LogP contribution in [0.3, 0.4) is 0 Å². The van der Waals surface area contributed by atoms with Gasteiger partial charge in [-0.15, -0.1) is 0 Å². The Hall–Kier alpha value is -0.920. The van der Waals surface area contributed by atoms with Gasteiger partial charge in [0.05, 0.1) is 10.5 Å². The van der Waals surface area contributed by atoms with Crippen molar-refractivity contribution < 1.29 is 13.2 Å². The molecular weight excluding hydrogens is 440 g/mol. The van der Waals surface area contributed by atoms with Gasteiger partial charge in [0.25, 0.3) is 5.91 Å². The number of carbonyl (C=O) groups excluding carboxylic acids is 1. The van der Waals surface area contributed by atoms with Crippen LogP contribution in [0.4, 0.5) is 0 Å². The molecular formula is C21H27BrN2O3S. The standard InChI is InChI=1S/C21H27BrN2O3S/c22-19-4-3-17(28(26,27)24-16-1-2-16)8-18(19)20(25)23-12-21-9-13-5-14(10-21)7-15(6-13)11-21/h3-4,8,13-16,24H,1-2,5-7,9-12H2,(H,23,25).